The Morgan fingerprint density at radius 2 is 2.00 bits per heavy atom. The molecular formula is C17H24F3N3O3. The Hall–Kier alpha value is -2.00. The van der Waals surface area contributed by atoms with Gasteiger partial charge in [0.1, 0.15) is 0 Å². The van der Waals surface area contributed by atoms with Gasteiger partial charge in [-0.05, 0) is 37.3 Å². The van der Waals surface area contributed by atoms with E-state index >= 15 is 0 Å². The van der Waals surface area contributed by atoms with Crippen LogP contribution in [0.1, 0.15) is 19.3 Å². The molecular weight excluding hydrogens is 351 g/mol. The van der Waals surface area contributed by atoms with Gasteiger partial charge in [-0.15, -0.1) is 13.2 Å². The maximum atomic E-state index is 12.4. The maximum Gasteiger partial charge on any atom is 0.573 e. The van der Waals surface area contributed by atoms with Gasteiger partial charge in [-0.25, -0.2) is 0 Å². The van der Waals surface area contributed by atoms with Crippen LogP contribution in [0.5, 0.6) is 5.75 Å². The molecule has 0 aromatic heterocycles. The molecule has 0 atom stereocenters. The van der Waals surface area contributed by atoms with Crippen molar-refractivity contribution in [2.75, 3.05) is 38.3 Å². The van der Waals surface area contributed by atoms with E-state index in [4.69, 9.17) is 15.2 Å². The first-order valence-corrected chi connectivity index (χ1v) is 8.51. The number of nitrogens with two attached hydrogens (primary N) is 1. The van der Waals surface area contributed by atoms with Crippen molar-refractivity contribution >= 4 is 11.6 Å². The second-order valence-electron chi connectivity index (χ2n) is 5.92. The van der Waals surface area contributed by atoms with E-state index in [2.05, 4.69) is 15.0 Å². The summed E-state index contributed by atoms with van der Waals surface area (Å²) in [4.78, 5) is 4.09. The van der Waals surface area contributed by atoms with E-state index in [0.29, 0.717) is 32.1 Å². The molecule has 1 aromatic rings. The van der Waals surface area contributed by atoms with E-state index in [9.17, 15) is 13.2 Å². The number of halogens is 3. The smallest absolute Gasteiger partial charge is 0.404 e. The highest BCUT2D eigenvalue weighted by Gasteiger charge is 2.32. The zero-order chi connectivity index (χ0) is 18.8. The van der Waals surface area contributed by atoms with Crippen LogP contribution in [0.3, 0.4) is 0 Å². The fourth-order valence-corrected chi connectivity index (χ4v) is 2.49. The molecule has 1 heterocycles. The number of rotatable bonds is 8. The zero-order valence-corrected chi connectivity index (χ0v) is 14.4. The minimum Gasteiger partial charge on any atom is -0.404 e. The second kappa shape index (κ2) is 10.2. The van der Waals surface area contributed by atoms with Gasteiger partial charge in [0, 0.05) is 33.0 Å². The Kier molecular flexibility index (Phi) is 7.99. The van der Waals surface area contributed by atoms with Crippen molar-refractivity contribution in [3.63, 3.8) is 0 Å². The fraction of sp³-hybridized carbons (Fsp3) is 0.588. The maximum absolute atomic E-state index is 12.4. The van der Waals surface area contributed by atoms with Gasteiger partial charge in [0.25, 0.3) is 0 Å². The highest BCUT2D eigenvalue weighted by atomic mass is 19.4. The lowest BCUT2D eigenvalue weighted by Gasteiger charge is -2.21. The summed E-state index contributed by atoms with van der Waals surface area (Å²) >= 11 is 0. The summed E-state index contributed by atoms with van der Waals surface area (Å²) in [5.41, 5.74) is 5.82. The van der Waals surface area contributed by atoms with E-state index < -0.39 is 6.36 Å². The number of guanidine groups is 1. The number of nitrogens with one attached hydrogen (secondary N) is 1. The van der Waals surface area contributed by atoms with E-state index in [1.807, 2.05) is 0 Å². The van der Waals surface area contributed by atoms with Crippen LogP contribution >= 0.6 is 0 Å². The van der Waals surface area contributed by atoms with E-state index in [1.54, 1.807) is 6.07 Å². The first-order valence-electron chi connectivity index (χ1n) is 8.51. The third kappa shape index (κ3) is 7.92. The van der Waals surface area contributed by atoms with Crippen molar-refractivity contribution in [2.45, 2.75) is 25.6 Å². The molecule has 0 radical (unpaired) electrons. The van der Waals surface area contributed by atoms with Gasteiger partial charge in [0.15, 0.2) is 11.7 Å². The molecule has 0 unspecified atom stereocenters. The van der Waals surface area contributed by atoms with Crippen molar-refractivity contribution in [3.05, 3.63) is 24.3 Å². The Balaban J connectivity index is 1.69. The van der Waals surface area contributed by atoms with E-state index in [1.165, 1.54) is 18.2 Å². The van der Waals surface area contributed by atoms with E-state index in [0.717, 1.165) is 26.1 Å². The van der Waals surface area contributed by atoms with Gasteiger partial charge in [0.05, 0.1) is 5.69 Å². The van der Waals surface area contributed by atoms with Crippen molar-refractivity contribution in [1.82, 2.24) is 0 Å². The minimum absolute atomic E-state index is 0.0210. The van der Waals surface area contributed by atoms with Gasteiger partial charge in [0.2, 0.25) is 0 Å². The number of para-hydroxylation sites is 2. The monoisotopic (exact) mass is 375 g/mol. The molecule has 1 saturated heterocycles. The Morgan fingerprint density at radius 1 is 1.27 bits per heavy atom. The number of hydrogen-bond acceptors (Lipinski definition) is 4. The molecule has 0 saturated carbocycles. The summed E-state index contributed by atoms with van der Waals surface area (Å²) in [6, 6.07) is 5.64. The molecule has 146 valence electrons. The van der Waals surface area contributed by atoms with Crippen LogP contribution in [0.15, 0.2) is 29.3 Å². The minimum atomic E-state index is -4.77. The lowest BCUT2D eigenvalue weighted by atomic mass is 10.0. The third-order valence-corrected chi connectivity index (χ3v) is 3.80. The molecule has 0 aliphatic carbocycles. The van der Waals surface area contributed by atoms with E-state index in [-0.39, 0.29) is 17.4 Å². The van der Waals surface area contributed by atoms with Crippen LogP contribution in [-0.4, -0.2) is 45.3 Å². The van der Waals surface area contributed by atoms with Crippen LogP contribution < -0.4 is 15.8 Å². The molecule has 9 heteroatoms. The highest BCUT2D eigenvalue weighted by molar-refractivity contribution is 5.93. The molecule has 0 bridgehead atoms. The number of benzene rings is 1. The third-order valence-electron chi connectivity index (χ3n) is 3.80. The molecule has 0 spiro atoms. The summed E-state index contributed by atoms with van der Waals surface area (Å²) in [7, 11) is 0. The second-order valence-corrected chi connectivity index (χ2v) is 5.92. The number of alkyl halides is 3. The molecule has 1 aliphatic heterocycles. The highest BCUT2D eigenvalue weighted by Crippen LogP contribution is 2.29. The molecule has 1 fully saturated rings. The Labute approximate surface area is 150 Å². The lowest BCUT2D eigenvalue weighted by Crippen LogP contribution is -2.25. The molecule has 6 nitrogen and oxygen atoms in total. The van der Waals surface area contributed by atoms with Gasteiger partial charge in [-0.1, -0.05) is 12.1 Å². The van der Waals surface area contributed by atoms with Crippen LogP contribution in [-0.2, 0) is 9.47 Å². The average molecular weight is 375 g/mol. The predicted molar refractivity (Wildman–Crippen MR) is 92.2 cm³/mol. The van der Waals surface area contributed by atoms with Gasteiger partial charge < -0.3 is 25.3 Å². The molecule has 0 amide bonds. The number of nitrogens with zero attached hydrogens (tertiary/aromatic N) is 1. The van der Waals surface area contributed by atoms with Crippen molar-refractivity contribution in [2.24, 2.45) is 16.6 Å². The SMILES string of the molecule is NC(=NCCCOCC1CCOCC1)Nc1ccccc1OC(F)(F)F. The Bertz CT molecular complexity index is 576. The fourth-order valence-electron chi connectivity index (χ4n) is 2.49. The summed E-state index contributed by atoms with van der Waals surface area (Å²) in [5, 5.41) is 2.62. The zero-order valence-electron chi connectivity index (χ0n) is 14.4. The van der Waals surface area contributed by atoms with Crippen molar-refractivity contribution < 1.29 is 27.4 Å². The van der Waals surface area contributed by atoms with Crippen LogP contribution in [0.25, 0.3) is 0 Å². The summed E-state index contributed by atoms with van der Waals surface area (Å²) in [6.07, 6.45) is -2.05. The average Bonchev–Trinajstić information content (AvgIpc) is 2.59. The topological polar surface area (TPSA) is 78.1 Å². The number of hydrogen-bond donors (Lipinski definition) is 2. The first kappa shape index (κ1) is 20.3. The van der Waals surface area contributed by atoms with Gasteiger partial charge >= 0.3 is 6.36 Å². The Morgan fingerprint density at radius 3 is 2.73 bits per heavy atom. The predicted octanol–water partition coefficient (Wildman–Crippen LogP) is 3.15. The van der Waals surface area contributed by atoms with Gasteiger partial charge in [-0.2, -0.15) is 0 Å². The largest absolute Gasteiger partial charge is 0.573 e. The lowest BCUT2D eigenvalue weighted by molar-refractivity contribution is -0.274. The molecule has 3 N–H and O–H groups in total. The first-order chi connectivity index (χ1) is 12.4. The summed E-state index contributed by atoms with van der Waals surface area (Å²) in [6.45, 7) is 3.26. The summed E-state index contributed by atoms with van der Waals surface area (Å²) in [5.74, 6) is 0.203. The molecule has 1 aromatic carbocycles. The molecule has 26 heavy (non-hydrogen) atoms. The van der Waals surface area contributed by atoms with Gasteiger partial charge in [-0.3, -0.25) is 4.99 Å². The van der Waals surface area contributed by atoms with Crippen LogP contribution in [0.4, 0.5) is 18.9 Å². The molecule has 2 rings (SSSR count). The quantitative estimate of drug-likeness (QED) is 0.415. The number of anilines is 1. The van der Waals surface area contributed by atoms with Crippen molar-refractivity contribution in [3.8, 4) is 5.75 Å². The normalized spacial score (nSPS) is 16.5. The number of aliphatic imine (C=N–C) groups is 1. The number of ether oxygens (including phenoxy) is 3. The standard InChI is InChI=1S/C17H24F3N3O3/c18-17(19,20)26-15-5-2-1-4-14(15)23-16(21)22-8-3-9-25-12-13-6-10-24-11-7-13/h1-2,4-5,13H,3,6-12H2,(H3,21,22,23). The summed E-state index contributed by atoms with van der Waals surface area (Å²) < 4.78 is 52.0. The van der Waals surface area contributed by atoms with Crippen LogP contribution in [0.2, 0.25) is 0 Å². The molecule has 1 aliphatic rings. The van der Waals surface area contributed by atoms with Crippen molar-refractivity contribution in [1.29, 1.82) is 0 Å². The van der Waals surface area contributed by atoms with Crippen LogP contribution in [0, 0.1) is 5.92 Å².